The van der Waals surface area contributed by atoms with E-state index < -0.39 is 0 Å². The van der Waals surface area contributed by atoms with Gasteiger partial charge in [0.05, 0.1) is 5.69 Å². The molecule has 0 unspecified atom stereocenters. The minimum absolute atomic E-state index is 0.675. The second-order valence-electron chi connectivity index (χ2n) is 3.69. The largest absolute Gasteiger partial charge is 0.401 e. The highest BCUT2D eigenvalue weighted by molar-refractivity contribution is 5.56. The normalized spacial score (nSPS) is 11.3. The Labute approximate surface area is 90.7 Å². The summed E-state index contributed by atoms with van der Waals surface area (Å²) in [7, 11) is 4.00. The van der Waals surface area contributed by atoms with Gasteiger partial charge in [-0.05, 0) is 31.2 Å². The molecule has 4 heteroatoms. The Kier molecular flexibility index (Phi) is 3.57. The van der Waals surface area contributed by atoms with Crippen LogP contribution in [0.5, 0.6) is 0 Å². The lowest BCUT2D eigenvalue weighted by Crippen LogP contribution is -2.25. The minimum Gasteiger partial charge on any atom is -0.401 e. The third-order valence-corrected chi connectivity index (χ3v) is 2.01. The van der Waals surface area contributed by atoms with Gasteiger partial charge in [-0.1, -0.05) is 0 Å². The second kappa shape index (κ2) is 4.70. The molecule has 0 fully saturated rings. The number of nitrogens with zero attached hydrogens (tertiary/aromatic N) is 2. The number of benzene rings is 1. The molecule has 1 aromatic carbocycles. The van der Waals surface area contributed by atoms with Gasteiger partial charge in [-0.15, -0.1) is 0 Å². The summed E-state index contributed by atoms with van der Waals surface area (Å²) >= 11 is 0. The van der Waals surface area contributed by atoms with Crippen LogP contribution in [0.15, 0.2) is 36.2 Å². The maximum atomic E-state index is 5.79. The number of hydrazine groups is 1. The van der Waals surface area contributed by atoms with Gasteiger partial charge in [-0.3, -0.25) is 5.01 Å². The number of anilines is 2. The van der Waals surface area contributed by atoms with E-state index in [1.807, 2.05) is 43.3 Å². The first-order valence-electron chi connectivity index (χ1n) is 4.76. The van der Waals surface area contributed by atoms with Gasteiger partial charge in [0.2, 0.25) is 0 Å². The van der Waals surface area contributed by atoms with E-state index in [-0.39, 0.29) is 0 Å². The molecule has 0 atom stereocenters. The molecule has 4 nitrogen and oxygen atoms in total. The quantitative estimate of drug-likeness (QED) is 0.577. The zero-order valence-corrected chi connectivity index (χ0v) is 9.44. The van der Waals surface area contributed by atoms with E-state index in [9.17, 15) is 0 Å². The summed E-state index contributed by atoms with van der Waals surface area (Å²) < 4.78 is 0. The monoisotopic (exact) mass is 206 g/mol. The van der Waals surface area contributed by atoms with Crippen molar-refractivity contribution in [3.63, 3.8) is 0 Å². The van der Waals surface area contributed by atoms with Crippen molar-refractivity contribution in [2.45, 2.75) is 6.92 Å². The molecule has 1 rings (SSSR count). The molecule has 0 saturated heterocycles. The predicted molar refractivity (Wildman–Crippen MR) is 65.4 cm³/mol. The van der Waals surface area contributed by atoms with Crippen molar-refractivity contribution in [3.8, 4) is 0 Å². The van der Waals surface area contributed by atoms with Crippen LogP contribution in [0.4, 0.5) is 11.4 Å². The zero-order valence-electron chi connectivity index (χ0n) is 9.44. The summed E-state index contributed by atoms with van der Waals surface area (Å²) in [5, 5.41) is 1.51. The highest BCUT2D eigenvalue weighted by Crippen LogP contribution is 2.17. The SMILES string of the molecule is C/C(N)=C/N(N)c1ccc(N(C)C)cc1. The van der Waals surface area contributed by atoms with Crippen molar-refractivity contribution in [3.05, 3.63) is 36.2 Å². The fraction of sp³-hybridized carbons (Fsp3) is 0.273. The summed E-state index contributed by atoms with van der Waals surface area (Å²) in [4.78, 5) is 2.04. The molecular formula is C11H18N4. The minimum atomic E-state index is 0.675. The van der Waals surface area contributed by atoms with Gasteiger partial charge in [0.1, 0.15) is 0 Å². The van der Waals surface area contributed by atoms with Crippen molar-refractivity contribution >= 4 is 11.4 Å². The van der Waals surface area contributed by atoms with E-state index in [1.165, 1.54) is 5.01 Å². The van der Waals surface area contributed by atoms with Crippen molar-refractivity contribution < 1.29 is 0 Å². The third-order valence-electron chi connectivity index (χ3n) is 2.01. The summed E-state index contributed by atoms with van der Waals surface area (Å²) in [5.41, 5.74) is 8.26. The van der Waals surface area contributed by atoms with E-state index in [4.69, 9.17) is 11.6 Å². The highest BCUT2D eigenvalue weighted by Gasteiger charge is 1.99. The zero-order chi connectivity index (χ0) is 11.4. The molecule has 0 aliphatic carbocycles. The van der Waals surface area contributed by atoms with E-state index in [2.05, 4.69) is 0 Å². The molecule has 1 aromatic rings. The summed E-state index contributed by atoms with van der Waals surface area (Å²) in [6.45, 7) is 1.80. The molecule has 15 heavy (non-hydrogen) atoms. The molecule has 82 valence electrons. The maximum Gasteiger partial charge on any atom is 0.0570 e. The van der Waals surface area contributed by atoms with Crippen molar-refractivity contribution in [2.75, 3.05) is 24.0 Å². The molecule has 0 aromatic heterocycles. The van der Waals surface area contributed by atoms with Crippen LogP contribution < -0.4 is 21.5 Å². The van der Waals surface area contributed by atoms with Gasteiger partial charge in [0.25, 0.3) is 0 Å². The topological polar surface area (TPSA) is 58.5 Å². The van der Waals surface area contributed by atoms with Crippen LogP contribution in [0.25, 0.3) is 0 Å². The van der Waals surface area contributed by atoms with Gasteiger partial charge in [0, 0.05) is 31.7 Å². The smallest absolute Gasteiger partial charge is 0.0570 e. The Bertz CT molecular complexity index is 336. The van der Waals surface area contributed by atoms with Gasteiger partial charge in [-0.2, -0.15) is 0 Å². The van der Waals surface area contributed by atoms with E-state index >= 15 is 0 Å². The maximum absolute atomic E-state index is 5.79. The number of allylic oxidation sites excluding steroid dienone is 1. The van der Waals surface area contributed by atoms with Crippen LogP contribution >= 0.6 is 0 Å². The Morgan fingerprint density at radius 3 is 2.00 bits per heavy atom. The van der Waals surface area contributed by atoms with Crippen molar-refractivity contribution in [1.29, 1.82) is 0 Å². The molecule has 0 spiro atoms. The van der Waals surface area contributed by atoms with Gasteiger partial charge < -0.3 is 10.6 Å². The van der Waals surface area contributed by atoms with Crippen LogP contribution in [0.3, 0.4) is 0 Å². The Morgan fingerprint density at radius 1 is 1.13 bits per heavy atom. The Morgan fingerprint density at radius 2 is 1.60 bits per heavy atom. The molecule has 0 saturated carbocycles. The van der Waals surface area contributed by atoms with Crippen LogP contribution in [-0.2, 0) is 0 Å². The summed E-state index contributed by atoms with van der Waals surface area (Å²) in [5.74, 6) is 5.79. The van der Waals surface area contributed by atoms with E-state index in [1.54, 1.807) is 13.1 Å². The molecule has 0 amide bonds. The molecule has 4 N–H and O–H groups in total. The average molecular weight is 206 g/mol. The van der Waals surface area contributed by atoms with Gasteiger partial charge in [-0.25, -0.2) is 5.84 Å². The molecule has 0 aliphatic heterocycles. The van der Waals surface area contributed by atoms with Gasteiger partial charge in [0.15, 0.2) is 0 Å². The van der Waals surface area contributed by atoms with E-state index in [0.717, 1.165) is 11.4 Å². The highest BCUT2D eigenvalue weighted by atomic mass is 15.4. The van der Waals surface area contributed by atoms with Crippen molar-refractivity contribution in [2.24, 2.45) is 11.6 Å². The molecule has 0 aliphatic rings. The fourth-order valence-electron chi connectivity index (χ4n) is 1.22. The predicted octanol–water partition coefficient (Wildman–Crippen LogP) is 1.25. The standard InChI is InChI=1S/C11H18N4/c1-9(12)8-15(13)11-6-4-10(5-7-11)14(2)3/h4-8H,12-13H2,1-3H3/b9-8-. The number of nitrogens with two attached hydrogens (primary N) is 2. The van der Waals surface area contributed by atoms with Crippen LogP contribution in [0.1, 0.15) is 6.92 Å². The number of hydrogen-bond acceptors (Lipinski definition) is 4. The van der Waals surface area contributed by atoms with Crippen LogP contribution in [0, 0.1) is 0 Å². The Hall–Kier alpha value is -1.68. The molecule has 0 heterocycles. The number of rotatable bonds is 3. The van der Waals surface area contributed by atoms with Crippen LogP contribution in [-0.4, -0.2) is 14.1 Å². The molecular weight excluding hydrogens is 188 g/mol. The first-order chi connectivity index (χ1) is 7.00. The lowest BCUT2D eigenvalue weighted by Gasteiger charge is -2.17. The van der Waals surface area contributed by atoms with Crippen LogP contribution in [0.2, 0.25) is 0 Å². The lowest BCUT2D eigenvalue weighted by atomic mass is 10.2. The third kappa shape index (κ3) is 3.18. The Balaban J connectivity index is 2.84. The second-order valence-corrected chi connectivity index (χ2v) is 3.69. The van der Waals surface area contributed by atoms with Gasteiger partial charge >= 0.3 is 0 Å². The summed E-state index contributed by atoms with van der Waals surface area (Å²) in [6.07, 6.45) is 1.69. The first kappa shape index (κ1) is 11.4. The average Bonchev–Trinajstić information content (AvgIpc) is 2.17. The van der Waals surface area contributed by atoms with E-state index in [0.29, 0.717) is 5.70 Å². The fourth-order valence-corrected chi connectivity index (χ4v) is 1.22. The number of hydrogen-bond donors (Lipinski definition) is 2. The molecule has 0 bridgehead atoms. The van der Waals surface area contributed by atoms with Crippen molar-refractivity contribution in [1.82, 2.24) is 0 Å². The molecule has 0 radical (unpaired) electrons. The first-order valence-corrected chi connectivity index (χ1v) is 4.76. The lowest BCUT2D eigenvalue weighted by molar-refractivity contribution is 1.05. The summed E-state index contributed by atoms with van der Waals surface area (Å²) in [6, 6.07) is 7.92.